The molecule has 0 radical (unpaired) electrons. The number of likely N-dealkylation sites (N-methyl/N-ethyl adjacent to an activating group) is 1. The summed E-state index contributed by atoms with van der Waals surface area (Å²) in [5.41, 5.74) is 1.22. The normalized spacial score (nSPS) is 19.9. The van der Waals surface area contributed by atoms with E-state index in [9.17, 15) is 0 Å². The van der Waals surface area contributed by atoms with Crippen molar-refractivity contribution < 1.29 is 0 Å². The van der Waals surface area contributed by atoms with Gasteiger partial charge in [-0.25, -0.2) is 0 Å². The van der Waals surface area contributed by atoms with E-state index in [1.165, 1.54) is 37.8 Å². The highest BCUT2D eigenvalue weighted by Crippen LogP contribution is 2.32. The summed E-state index contributed by atoms with van der Waals surface area (Å²) >= 11 is 0. The smallest absolute Gasteiger partial charge is 0.0447 e. The Labute approximate surface area is 111 Å². The zero-order valence-electron chi connectivity index (χ0n) is 11.7. The SMILES string of the molecule is CCNC(CC1CCCC1)C(C)c1ccccn1. The molecular formula is C16H26N2. The Balaban J connectivity index is 1.99. The topological polar surface area (TPSA) is 24.9 Å². The summed E-state index contributed by atoms with van der Waals surface area (Å²) in [6.45, 7) is 5.56. The van der Waals surface area contributed by atoms with Gasteiger partial charge in [-0.05, 0) is 31.0 Å². The van der Waals surface area contributed by atoms with E-state index in [4.69, 9.17) is 0 Å². The van der Waals surface area contributed by atoms with Crippen molar-refractivity contribution in [3.8, 4) is 0 Å². The van der Waals surface area contributed by atoms with Crippen LogP contribution in [-0.2, 0) is 0 Å². The summed E-state index contributed by atoms with van der Waals surface area (Å²) in [6, 6.07) is 6.82. The largest absolute Gasteiger partial charge is 0.314 e. The van der Waals surface area contributed by atoms with E-state index < -0.39 is 0 Å². The van der Waals surface area contributed by atoms with Crippen molar-refractivity contribution in [3.63, 3.8) is 0 Å². The maximum absolute atomic E-state index is 4.52. The van der Waals surface area contributed by atoms with Crippen molar-refractivity contribution in [2.75, 3.05) is 6.54 Å². The molecule has 2 unspecified atom stereocenters. The zero-order valence-corrected chi connectivity index (χ0v) is 11.7. The van der Waals surface area contributed by atoms with Crippen molar-refractivity contribution >= 4 is 0 Å². The van der Waals surface area contributed by atoms with Gasteiger partial charge >= 0.3 is 0 Å². The van der Waals surface area contributed by atoms with Gasteiger partial charge in [0.25, 0.3) is 0 Å². The van der Waals surface area contributed by atoms with Crippen molar-refractivity contribution in [2.24, 2.45) is 5.92 Å². The maximum Gasteiger partial charge on any atom is 0.0447 e. The first-order valence-corrected chi connectivity index (χ1v) is 7.45. The average Bonchev–Trinajstić information content (AvgIpc) is 2.91. The molecule has 0 saturated heterocycles. The molecule has 0 spiro atoms. The molecule has 1 aromatic heterocycles. The van der Waals surface area contributed by atoms with E-state index in [2.05, 4.69) is 36.3 Å². The van der Waals surface area contributed by atoms with Gasteiger partial charge in [-0.1, -0.05) is 45.6 Å². The van der Waals surface area contributed by atoms with Crippen LogP contribution < -0.4 is 5.32 Å². The van der Waals surface area contributed by atoms with Crippen LogP contribution in [0.4, 0.5) is 0 Å². The molecular weight excluding hydrogens is 220 g/mol. The number of nitrogens with zero attached hydrogens (tertiary/aromatic N) is 1. The van der Waals surface area contributed by atoms with Gasteiger partial charge in [0.05, 0.1) is 0 Å². The predicted molar refractivity (Wildman–Crippen MR) is 76.7 cm³/mol. The molecule has 2 rings (SSSR count). The molecule has 1 fully saturated rings. The summed E-state index contributed by atoms with van der Waals surface area (Å²) in [7, 11) is 0. The summed E-state index contributed by atoms with van der Waals surface area (Å²) < 4.78 is 0. The molecule has 1 aliphatic rings. The number of nitrogens with one attached hydrogen (secondary N) is 1. The van der Waals surface area contributed by atoms with Crippen LogP contribution in [0.3, 0.4) is 0 Å². The van der Waals surface area contributed by atoms with Crippen LogP contribution in [-0.4, -0.2) is 17.6 Å². The third kappa shape index (κ3) is 3.55. The molecule has 2 heteroatoms. The lowest BCUT2D eigenvalue weighted by atomic mass is 9.88. The molecule has 0 aromatic carbocycles. The fourth-order valence-electron chi connectivity index (χ4n) is 3.18. The van der Waals surface area contributed by atoms with Crippen molar-refractivity contribution in [3.05, 3.63) is 30.1 Å². The summed E-state index contributed by atoms with van der Waals surface area (Å²) in [4.78, 5) is 4.52. The van der Waals surface area contributed by atoms with E-state index in [1.54, 1.807) is 0 Å². The predicted octanol–water partition coefficient (Wildman–Crippen LogP) is 3.74. The Morgan fingerprint density at radius 3 is 2.72 bits per heavy atom. The molecule has 1 N–H and O–H groups in total. The number of hydrogen-bond acceptors (Lipinski definition) is 2. The third-order valence-electron chi connectivity index (χ3n) is 4.29. The van der Waals surface area contributed by atoms with Crippen LogP contribution in [0.1, 0.15) is 57.6 Å². The number of pyridine rings is 1. The fourth-order valence-corrected chi connectivity index (χ4v) is 3.18. The van der Waals surface area contributed by atoms with E-state index in [0.717, 1.165) is 12.5 Å². The Morgan fingerprint density at radius 2 is 2.11 bits per heavy atom. The van der Waals surface area contributed by atoms with Crippen molar-refractivity contribution in [1.82, 2.24) is 10.3 Å². The molecule has 2 nitrogen and oxygen atoms in total. The lowest BCUT2D eigenvalue weighted by Crippen LogP contribution is -2.35. The van der Waals surface area contributed by atoms with Crippen molar-refractivity contribution in [1.29, 1.82) is 0 Å². The maximum atomic E-state index is 4.52. The standard InChI is InChI=1S/C16H26N2/c1-3-17-16(12-14-8-4-5-9-14)13(2)15-10-6-7-11-18-15/h6-7,10-11,13-14,16-17H,3-5,8-9,12H2,1-2H3. The van der Waals surface area contributed by atoms with Crippen LogP contribution in [0.15, 0.2) is 24.4 Å². The molecule has 1 heterocycles. The van der Waals surface area contributed by atoms with E-state index in [1.807, 2.05) is 12.3 Å². The summed E-state index contributed by atoms with van der Waals surface area (Å²) in [5, 5.41) is 3.67. The minimum atomic E-state index is 0.506. The van der Waals surface area contributed by atoms with Gasteiger partial charge in [0, 0.05) is 23.9 Å². The lowest BCUT2D eigenvalue weighted by Gasteiger charge is -2.27. The molecule has 0 bridgehead atoms. The monoisotopic (exact) mass is 246 g/mol. The first-order valence-electron chi connectivity index (χ1n) is 7.45. The average molecular weight is 246 g/mol. The van der Waals surface area contributed by atoms with Crippen LogP contribution in [0.25, 0.3) is 0 Å². The molecule has 0 amide bonds. The lowest BCUT2D eigenvalue weighted by molar-refractivity contribution is 0.354. The Bertz CT molecular complexity index is 330. The van der Waals surface area contributed by atoms with E-state index >= 15 is 0 Å². The number of hydrogen-bond donors (Lipinski definition) is 1. The number of aromatic nitrogens is 1. The minimum Gasteiger partial charge on any atom is -0.314 e. The highest BCUT2D eigenvalue weighted by molar-refractivity contribution is 5.11. The van der Waals surface area contributed by atoms with Gasteiger partial charge in [-0.2, -0.15) is 0 Å². The van der Waals surface area contributed by atoms with Crippen molar-refractivity contribution in [2.45, 2.75) is 57.9 Å². The Kier molecular flexibility index (Phi) is 5.18. The third-order valence-corrected chi connectivity index (χ3v) is 4.29. The minimum absolute atomic E-state index is 0.506. The molecule has 1 aliphatic carbocycles. The molecule has 0 aliphatic heterocycles. The van der Waals surface area contributed by atoms with Gasteiger partial charge in [-0.15, -0.1) is 0 Å². The van der Waals surface area contributed by atoms with Crippen LogP contribution in [0.5, 0.6) is 0 Å². The van der Waals surface area contributed by atoms with Gasteiger partial charge in [-0.3, -0.25) is 4.98 Å². The first kappa shape index (κ1) is 13.5. The molecule has 1 aromatic rings. The van der Waals surface area contributed by atoms with Crippen LogP contribution in [0, 0.1) is 5.92 Å². The molecule has 2 atom stereocenters. The van der Waals surface area contributed by atoms with Gasteiger partial charge in [0.15, 0.2) is 0 Å². The fraction of sp³-hybridized carbons (Fsp3) is 0.688. The second-order valence-corrected chi connectivity index (χ2v) is 5.59. The number of rotatable bonds is 6. The van der Waals surface area contributed by atoms with Crippen LogP contribution in [0.2, 0.25) is 0 Å². The van der Waals surface area contributed by atoms with E-state index in [-0.39, 0.29) is 0 Å². The zero-order chi connectivity index (χ0) is 12.8. The molecule has 18 heavy (non-hydrogen) atoms. The molecule has 1 saturated carbocycles. The van der Waals surface area contributed by atoms with Gasteiger partial charge in [0.2, 0.25) is 0 Å². The molecule has 100 valence electrons. The summed E-state index contributed by atoms with van der Waals surface area (Å²) in [5.74, 6) is 1.44. The highest BCUT2D eigenvalue weighted by Gasteiger charge is 2.24. The second kappa shape index (κ2) is 6.89. The first-order chi connectivity index (χ1) is 8.81. The van der Waals surface area contributed by atoms with Crippen LogP contribution >= 0.6 is 0 Å². The Hall–Kier alpha value is -0.890. The quantitative estimate of drug-likeness (QED) is 0.827. The second-order valence-electron chi connectivity index (χ2n) is 5.59. The Morgan fingerprint density at radius 1 is 1.33 bits per heavy atom. The highest BCUT2D eigenvalue weighted by atomic mass is 14.9. The van der Waals surface area contributed by atoms with E-state index in [0.29, 0.717) is 12.0 Å². The van der Waals surface area contributed by atoms with Gasteiger partial charge in [0.1, 0.15) is 0 Å². The van der Waals surface area contributed by atoms with Gasteiger partial charge < -0.3 is 5.32 Å². The summed E-state index contributed by atoms with van der Waals surface area (Å²) in [6.07, 6.45) is 8.94.